The highest BCUT2D eigenvalue weighted by Crippen LogP contribution is 2.24. The molecule has 0 amide bonds. The Bertz CT molecular complexity index is 624. The maximum absolute atomic E-state index is 10.9. The zero-order valence-corrected chi connectivity index (χ0v) is 11.5. The smallest absolute Gasteiger partial charge is 0.292 e. The van der Waals surface area contributed by atoms with Crippen LogP contribution >= 0.6 is 0 Å². The Kier molecular flexibility index (Phi) is 3.89. The Labute approximate surface area is 117 Å². The predicted molar refractivity (Wildman–Crippen MR) is 80.8 cm³/mol. The fourth-order valence-corrected chi connectivity index (χ4v) is 2.01. The van der Waals surface area contributed by atoms with E-state index >= 15 is 0 Å². The topological polar surface area (TPSA) is 72.4 Å². The summed E-state index contributed by atoms with van der Waals surface area (Å²) in [7, 11) is 1.95. The number of nitrogen functional groups attached to an aromatic ring is 1. The van der Waals surface area contributed by atoms with Crippen LogP contribution < -0.4 is 10.6 Å². The van der Waals surface area contributed by atoms with Gasteiger partial charge in [0.1, 0.15) is 5.69 Å². The third-order valence-electron chi connectivity index (χ3n) is 3.19. The Morgan fingerprint density at radius 3 is 2.45 bits per heavy atom. The largest absolute Gasteiger partial charge is 0.393 e. The molecule has 5 nitrogen and oxygen atoms in total. The molecule has 20 heavy (non-hydrogen) atoms. The van der Waals surface area contributed by atoms with E-state index in [1.54, 1.807) is 6.07 Å². The van der Waals surface area contributed by atoms with Gasteiger partial charge in [-0.15, -0.1) is 0 Å². The number of nitro benzene ring substituents is 1. The van der Waals surface area contributed by atoms with Gasteiger partial charge in [-0.3, -0.25) is 10.1 Å². The highest BCUT2D eigenvalue weighted by Gasteiger charge is 2.12. The van der Waals surface area contributed by atoms with E-state index in [1.807, 2.05) is 49.2 Å². The Hall–Kier alpha value is -2.56. The van der Waals surface area contributed by atoms with Crippen LogP contribution in [0.1, 0.15) is 11.1 Å². The van der Waals surface area contributed by atoms with Crippen molar-refractivity contribution in [2.75, 3.05) is 17.7 Å². The molecule has 0 atom stereocenters. The highest BCUT2D eigenvalue weighted by atomic mass is 16.6. The number of nitrogens with zero attached hydrogens (tertiary/aromatic N) is 2. The molecule has 0 aliphatic rings. The molecule has 0 spiro atoms. The molecular formula is C15H17N3O2. The van der Waals surface area contributed by atoms with Gasteiger partial charge >= 0.3 is 0 Å². The molecule has 2 N–H and O–H groups in total. The lowest BCUT2D eigenvalue weighted by atomic mass is 10.1. The van der Waals surface area contributed by atoms with Crippen molar-refractivity contribution in [2.45, 2.75) is 13.5 Å². The molecule has 2 aromatic rings. The van der Waals surface area contributed by atoms with Crippen LogP contribution in [-0.2, 0) is 6.54 Å². The number of anilines is 2. The van der Waals surface area contributed by atoms with Crippen molar-refractivity contribution in [1.82, 2.24) is 0 Å². The van der Waals surface area contributed by atoms with Crippen molar-refractivity contribution in [2.24, 2.45) is 0 Å². The average molecular weight is 271 g/mol. The molecule has 0 aliphatic carbocycles. The van der Waals surface area contributed by atoms with Gasteiger partial charge in [0.15, 0.2) is 0 Å². The first kappa shape index (κ1) is 13.9. The van der Waals surface area contributed by atoms with Gasteiger partial charge in [0.2, 0.25) is 0 Å². The highest BCUT2D eigenvalue weighted by molar-refractivity contribution is 5.59. The summed E-state index contributed by atoms with van der Waals surface area (Å²) in [5, 5.41) is 10.9. The summed E-state index contributed by atoms with van der Waals surface area (Å²) in [6, 6.07) is 13.1. The molecule has 0 heterocycles. The molecule has 0 saturated heterocycles. The minimum atomic E-state index is -0.454. The van der Waals surface area contributed by atoms with Crippen LogP contribution in [0.4, 0.5) is 17.1 Å². The third kappa shape index (κ3) is 3.06. The second-order valence-corrected chi connectivity index (χ2v) is 4.84. The molecule has 0 radical (unpaired) electrons. The van der Waals surface area contributed by atoms with E-state index in [0.29, 0.717) is 6.54 Å². The average Bonchev–Trinajstić information content (AvgIpc) is 2.41. The van der Waals surface area contributed by atoms with Crippen LogP contribution in [0.2, 0.25) is 0 Å². The molecule has 104 valence electrons. The molecule has 2 rings (SSSR count). The molecule has 2 aromatic carbocycles. The summed E-state index contributed by atoms with van der Waals surface area (Å²) < 4.78 is 0. The lowest BCUT2D eigenvalue weighted by molar-refractivity contribution is -0.384. The molecule has 0 aromatic heterocycles. The SMILES string of the molecule is Cc1ccc(N(C)Cc2ccc(N)c([N+](=O)[O-])c2)cc1. The minimum absolute atomic E-state index is 0.0418. The van der Waals surface area contributed by atoms with Gasteiger partial charge < -0.3 is 10.6 Å². The zero-order valence-electron chi connectivity index (χ0n) is 11.5. The Morgan fingerprint density at radius 1 is 1.20 bits per heavy atom. The van der Waals surface area contributed by atoms with Crippen LogP contribution in [0.25, 0.3) is 0 Å². The Balaban J connectivity index is 2.19. The van der Waals surface area contributed by atoms with Crippen molar-refractivity contribution >= 4 is 17.1 Å². The van der Waals surface area contributed by atoms with Gasteiger partial charge in [-0.2, -0.15) is 0 Å². The van der Waals surface area contributed by atoms with E-state index in [9.17, 15) is 10.1 Å². The van der Waals surface area contributed by atoms with E-state index in [2.05, 4.69) is 0 Å². The molecule has 0 fully saturated rings. The van der Waals surface area contributed by atoms with Crippen LogP contribution in [-0.4, -0.2) is 12.0 Å². The van der Waals surface area contributed by atoms with Crippen LogP contribution in [0.3, 0.4) is 0 Å². The molecule has 0 aliphatic heterocycles. The number of nitrogens with two attached hydrogens (primary N) is 1. The minimum Gasteiger partial charge on any atom is -0.393 e. The first-order valence-corrected chi connectivity index (χ1v) is 6.28. The summed E-state index contributed by atoms with van der Waals surface area (Å²) in [4.78, 5) is 12.5. The van der Waals surface area contributed by atoms with Crippen molar-refractivity contribution in [3.05, 3.63) is 63.7 Å². The van der Waals surface area contributed by atoms with Gasteiger partial charge in [0.05, 0.1) is 4.92 Å². The molecular weight excluding hydrogens is 254 g/mol. The van der Waals surface area contributed by atoms with Gasteiger partial charge in [0, 0.05) is 25.3 Å². The zero-order chi connectivity index (χ0) is 14.7. The van der Waals surface area contributed by atoms with Crippen LogP contribution in [0, 0.1) is 17.0 Å². The second-order valence-electron chi connectivity index (χ2n) is 4.84. The van der Waals surface area contributed by atoms with Crippen LogP contribution in [0.15, 0.2) is 42.5 Å². The lowest BCUT2D eigenvalue weighted by Gasteiger charge is -2.19. The number of hydrogen-bond donors (Lipinski definition) is 1. The number of rotatable bonds is 4. The van der Waals surface area contributed by atoms with E-state index in [-0.39, 0.29) is 11.4 Å². The normalized spacial score (nSPS) is 10.3. The number of aryl methyl sites for hydroxylation is 1. The number of benzene rings is 2. The lowest BCUT2D eigenvalue weighted by Crippen LogP contribution is -2.16. The quantitative estimate of drug-likeness (QED) is 0.527. The second kappa shape index (κ2) is 5.61. The predicted octanol–water partition coefficient (Wildman–Crippen LogP) is 3.12. The van der Waals surface area contributed by atoms with Gasteiger partial charge in [-0.1, -0.05) is 23.8 Å². The molecule has 0 unspecified atom stereocenters. The van der Waals surface area contributed by atoms with E-state index in [4.69, 9.17) is 5.73 Å². The molecule has 5 heteroatoms. The fraction of sp³-hybridized carbons (Fsp3) is 0.200. The van der Waals surface area contributed by atoms with Gasteiger partial charge in [-0.05, 0) is 30.7 Å². The van der Waals surface area contributed by atoms with Gasteiger partial charge in [-0.25, -0.2) is 0 Å². The van der Waals surface area contributed by atoms with Crippen molar-refractivity contribution in [1.29, 1.82) is 0 Å². The first-order valence-electron chi connectivity index (χ1n) is 6.28. The molecule has 0 saturated carbocycles. The fourth-order valence-electron chi connectivity index (χ4n) is 2.01. The maximum atomic E-state index is 10.9. The van der Waals surface area contributed by atoms with Crippen molar-refractivity contribution in [3.8, 4) is 0 Å². The Morgan fingerprint density at radius 2 is 1.85 bits per heavy atom. The van der Waals surface area contributed by atoms with Gasteiger partial charge in [0.25, 0.3) is 5.69 Å². The van der Waals surface area contributed by atoms with E-state index < -0.39 is 4.92 Å². The summed E-state index contributed by atoms with van der Waals surface area (Å²) in [6.45, 7) is 2.62. The third-order valence-corrected chi connectivity index (χ3v) is 3.19. The summed E-state index contributed by atoms with van der Waals surface area (Å²) in [5.41, 5.74) is 8.86. The standard InChI is InChI=1S/C15H17N3O2/c1-11-3-6-13(7-4-11)17(2)10-12-5-8-14(16)15(9-12)18(19)20/h3-9H,10,16H2,1-2H3. The van der Waals surface area contributed by atoms with E-state index in [0.717, 1.165) is 11.3 Å². The first-order chi connectivity index (χ1) is 9.47. The van der Waals surface area contributed by atoms with Crippen molar-refractivity contribution in [3.63, 3.8) is 0 Å². The summed E-state index contributed by atoms with van der Waals surface area (Å²) >= 11 is 0. The van der Waals surface area contributed by atoms with Crippen LogP contribution in [0.5, 0.6) is 0 Å². The maximum Gasteiger partial charge on any atom is 0.292 e. The number of nitro groups is 1. The monoisotopic (exact) mass is 271 g/mol. The summed E-state index contributed by atoms with van der Waals surface area (Å²) in [6.07, 6.45) is 0. The van der Waals surface area contributed by atoms with E-state index in [1.165, 1.54) is 11.6 Å². The number of hydrogen-bond acceptors (Lipinski definition) is 4. The summed E-state index contributed by atoms with van der Waals surface area (Å²) in [5.74, 6) is 0. The molecule has 0 bridgehead atoms. The van der Waals surface area contributed by atoms with Crippen molar-refractivity contribution < 1.29 is 4.92 Å².